The molecule has 9 atom stereocenters. The van der Waals surface area contributed by atoms with E-state index in [4.69, 9.17) is 10.7 Å². The Bertz CT molecular complexity index is 984. The quantitative estimate of drug-likeness (QED) is 0.0926. The zero-order valence-corrected chi connectivity index (χ0v) is 28.6. The number of carbonyl (C=O) groups is 1. The standard InChI is InChI=1S/C37H66N4O3/c1-26(10-7-11-27(2)35(43)44)30-12-13-31-34-32(15-17-37(30,31)4)36(3)16-14-29(24-28(36)25-33(34)42)41-23-9-22-40-20-6-5-19-39-21-8-18-38/h25-27,30-34,39-40,42H,5-24,38H2,1-4H3,(H,43,44)/t26-,27-,30-,31?,32?,33-,34?,36+,37-/m1/s1. The molecule has 0 aliphatic heterocycles. The highest BCUT2D eigenvalue weighted by Gasteiger charge is 2.61. The largest absolute Gasteiger partial charge is 0.481 e. The third-order valence-corrected chi connectivity index (χ3v) is 12.8. The molecule has 0 saturated heterocycles. The zero-order valence-electron chi connectivity index (χ0n) is 28.6. The van der Waals surface area contributed by atoms with Gasteiger partial charge in [0.05, 0.1) is 12.0 Å². The smallest absolute Gasteiger partial charge is 0.306 e. The summed E-state index contributed by atoms with van der Waals surface area (Å²) in [6, 6.07) is 0. The van der Waals surface area contributed by atoms with Crippen LogP contribution in [0.5, 0.6) is 0 Å². The predicted octanol–water partition coefficient (Wildman–Crippen LogP) is 6.20. The van der Waals surface area contributed by atoms with Crippen molar-refractivity contribution in [3.05, 3.63) is 11.6 Å². The summed E-state index contributed by atoms with van der Waals surface area (Å²) in [6.07, 6.45) is 17.6. The Balaban J connectivity index is 1.25. The summed E-state index contributed by atoms with van der Waals surface area (Å²) in [5.41, 5.74) is 8.83. The summed E-state index contributed by atoms with van der Waals surface area (Å²) in [5.74, 6) is 1.91. The number of nitrogens with zero attached hydrogens (tertiary/aromatic N) is 1. The van der Waals surface area contributed by atoms with Gasteiger partial charge in [0.2, 0.25) is 0 Å². The maximum Gasteiger partial charge on any atom is 0.306 e. The second-order valence-electron chi connectivity index (χ2n) is 15.6. The Morgan fingerprint density at radius 1 is 0.977 bits per heavy atom. The van der Waals surface area contributed by atoms with Gasteiger partial charge in [0, 0.05) is 18.7 Å². The van der Waals surface area contributed by atoms with E-state index < -0.39 is 5.97 Å². The molecule has 0 heterocycles. The van der Waals surface area contributed by atoms with Crippen molar-refractivity contribution in [2.75, 3.05) is 39.3 Å². The lowest BCUT2D eigenvalue weighted by molar-refractivity contribution is -0.141. The lowest BCUT2D eigenvalue weighted by Gasteiger charge is -2.59. The summed E-state index contributed by atoms with van der Waals surface area (Å²) in [5, 5.41) is 28.0. The summed E-state index contributed by atoms with van der Waals surface area (Å²) >= 11 is 0. The van der Waals surface area contributed by atoms with Crippen LogP contribution < -0.4 is 16.4 Å². The number of nitrogens with one attached hydrogen (secondary N) is 2. The topological polar surface area (TPSA) is 120 Å². The fraction of sp³-hybridized carbons (Fsp3) is 0.892. The van der Waals surface area contributed by atoms with Crippen molar-refractivity contribution in [3.63, 3.8) is 0 Å². The van der Waals surface area contributed by atoms with Crippen LogP contribution in [0.4, 0.5) is 0 Å². The van der Waals surface area contributed by atoms with E-state index in [1.807, 2.05) is 6.92 Å². The SMILES string of the molecule is C[C@H](CCC[C@@H](C)[C@H]1CCC2C3C(CC[C@@]21C)[C@@]1(C)CCC(=NCCCNCCCCNCCCN)CC1=C[C@H]3O)C(=O)O. The van der Waals surface area contributed by atoms with E-state index in [1.165, 1.54) is 56.2 Å². The molecule has 252 valence electrons. The summed E-state index contributed by atoms with van der Waals surface area (Å²) in [4.78, 5) is 16.3. The van der Waals surface area contributed by atoms with Crippen molar-refractivity contribution >= 4 is 11.7 Å². The van der Waals surface area contributed by atoms with E-state index in [-0.39, 0.29) is 17.4 Å². The van der Waals surface area contributed by atoms with Crippen molar-refractivity contribution in [3.8, 4) is 0 Å². The molecule has 7 heteroatoms. The van der Waals surface area contributed by atoms with Gasteiger partial charge in [-0.3, -0.25) is 9.79 Å². The number of aliphatic hydroxyl groups excluding tert-OH is 1. The number of carboxylic acids is 1. The van der Waals surface area contributed by atoms with Crippen molar-refractivity contribution in [2.45, 2.75) is 124 Å². The van der Waals surface area contributed by atoms with E-state index in [1.54, 1.807) is 0 Å². The van der Waals surface area contributed by atoms with Crippen LogP contribution in [-0.2, 0) is 4.79 Å². The number of hydrogen-bond acceptors (Lipinski definition) is 6. The first kappa shape index (κ1) is 35.6. The summed E-state index contributed by atoms with van der Waals surface area (Å²) in [6.45, 7) is 15.2. The van der Waals surface area contributed by atoms with Crippen LogP contribution in [0, 0.1) is 46.3 Å². The van der Waals surface area contributed by atoms with E-state index in [0.717, 1.165) is 84.2 Å². The maximum atomic E-state index is 11.7. The molecule has 3 unspecified atom stereocenters. The molecule has 4 aliphatic rings. The van der Waals surface area contributed by atoms with Gasteiger partial charge in [0.1, 0.15) is 0 Å². The lowest BCUT2D eigenvalue weighted by Crippen LogP contribution is -2.54. The molecular weight excluding hydrogens is 548 g/mol. The van der Waals surface area contributed by atoms with Gasteiger partial charge in [-0.05, 0) is 144 Å². The number of fused-ring (bicyclic) bond motifs is 5. The molecule has 0 bridgehead atoms. The first-order chi connectivity index (χ1) is 21.1. The van der Waals surface area contributed by atoms with Gasteiger partial charge in [0.25, 0.3) is 0 Å². The molecule has 7 nitrogen and oxygen atoms in total. The lowest BCUT2D eigenvalue weighted by atomic mass is 9.46. The van der Waals surface area contributed by atoms with Crippen LogP contribution in [0.3, 0.4) is 0 Å². The zero-order chi connectivity index (χ0) is 31.7. The minimum absolute atomic E-state index is 0.196. The van der Waals surface area contributed by atoms with Gasteiger partial charge in [-0.2, -0.15) is 0 Å². The van der Waals surface area contributed by atoms with Crippen molar-refractivity contribution in [1.29, 1.82) is 0 Å². The Hall–Kier alpha value is -1.28. The van der Waals surface area contributed by atoms with Crippen LogP contribution in [0.25, 0.3) is 0 Å². The highest BCUT2D eigenvalue weighted by molar-refractivity contribution is 5.88. The van der Waals surface area contributed by atoms with Crippen LogP contribution in [0.15, 0.2) is 16.6 Å². The number of aliphatic hydroxyl groups is 1. The summed E-state index contributed by atoms with van der Waals surface area (Å²) in [7, 11) is 0. The molecule has 0 aromatic heterocycles. The number of aliphatic carboxylic acids is 1. The Morgan fingerprint density at radius 2 is 1.68 bits per heavy atom. The predicted molar refractivity (Wildman–Crippen MR) is 182 cm³/mol. The van der Waals surface area contributed by atoms with Gasteiger partial charge in [0.15, 0.2) is 0 Å². The molecule has 3 saturated carbocycles. The number of allylic oxidation sites excluding steroid dienone is 1. The maximum absolute atomic E-state index is 11.7. The minimum Gasteiger partial charge on any atom is -0.481 e. The number of carboxylic acid groups (broad SMARTS) is 1. The Labute approximate surface area is 268 Å². The fourth-order valence-corrected chi connectivity index (χ4v) is 10.1. The number of aliphatic imine (C=N–C) groups is 1. The molecule has 44 heavy (non-hydrogen) atoms. The van der Waals surface area contributed by atoms with Gasteiger partial charge >= 0.3 is 5.97 Å². The van der Waals surface area contributed by atoms with Gasteiger partial charge in [-0.1, -0.05) is 52.2 Å². The number of rotatable bonds is 18. The molecule has 4 aliphatic carbocycles. The van der Waals surface area contributed by atoms with E-state index in [9.17, 15) is 15.0 Å². The molecule has 3 fully saturated rings. The molecule has 0 spiro atoms. The monoisotopic (exact) mass is 615 g/mol. The molecule has 4 rings (SSSR count). The normalized spacial score (nSPS) is 35.5. The van der Waals surface area contributed by atoms with Gasteiger partial charge < -0.3 is 26.6 Å². The Morgan fingerprint density at radius 3 is 2.39 bits per heavy atom. The van der Waals surface area contributed by atoms with Crippen molar-refractivity contribution in [2.24, 2.45) is 57.1 Å². The number of unbranched alkanes of at least 4 members (excludes halogenated alkanes) is 1. The summed E-state index contributed by atoms with van der Waals surface area (Å²) < 4.78 is 0. The number of hydrogen-bond donors (Lipinski definition) is 5. The first-order valence-corrected chi connectivity index (χ1v) is 18.4. The third kappa shape index (κ3) is 8.35. The van der Waals surface area contributed by atoms with E-state index in [2.05, 4.69) is 37.5 Å². The molecular formula is C37H66N4O3. The van der Waals surface area contributed by atoms with Crippen molar-refractivity contribution in [1.82, 2.24) is 10.6 Å². The molecule has 0 aromatic rings. The van der Waals surface area contributed by atoms with Gasteiger partial charge in [-0.15, -0.1) is 0 Å². The second-order valence-corrected chi connectivity index (χ2v) is 15.6. The first-order valence-electron chi connectivity index (χ1n) is 18.4. The van der Waals surface area contributed by atoms with E-state index in [0.29, 0.717) is 35.0 Å². The minimum atomic E-state index is -0.672. The second kappa shape index (κ2) is 16.5. The third-order valence-electron chi connectivity index (χ3n) is 12.8. The number of nitrogens with two attached hydrogens (primary N) is 1. The average molecular weight is 615 g/mol. The highest BCUT2D eigenvalue weighted by atomic mass is 16.4. The van der Waals surface area contributed by atoms with Crippen LogP contribution >= 0.6 is 0 Å². The highest BCUT2D eigenvalue weighted by Crippen LogP contribution is 2.67. The van der Waals surface area contributed by atoms with Crippen LogP contribution in [-0.4, -0.2) is 67.3 Å². The van der Waals surface area contributed by atoms with Crippen LogP contribution in [0.2, 0.25) is 0 Å². The van der Waals surface area contributed by atoms with E-state index >= 15 is 0 Å². The molecule has 6 N–H and O–H groups in total. The van der Waals surface area contributed by atoms with Crippen molar-refractivity contribution < 1.29 is 15.0 Å². The molecule has 0 aromatic carbocycles. The average Bonchev–Trinajstić information content (AvgIpc) is 3.35. The Kier molecular flexibility index (Phi) is 13.4. The van der Waals surface area contributed by atoms with Crippen LogP contribution in [0.1, 0.15) is 118 Å². The molecule has 0 amide bonds. The fourth-order valence-electron chi connectivity index (χ4n) is 10.1. The van der Waals surface area contributed by atoms with Gasteiger partial charge in [-0.25, -0.2) is 0 Å². The molecule has 0 radical (unpaired) electrons.